The van der Waals surface area contributed by atoms with E-state index in [-0.39, 0.29) is 5.60 Å². The number of ether oxygens (including phenoxy) is 1. The summed E-state index contributed by atoms with van der Waals surface area (Å²) in [6.07, 6.45) is 2.61. The van der Waals surface area contributed by atoms with Crippen LogP contribution in [0.5, 0.6) is 0 Å². The molecule has 0 fully saturated rings. The molecule has 0 saturated carbocycles. The average molecular weight is 396 g/mol. The fraction of sp³-hybridized carbons (Fsp3) is 0.333. The van der Waals surface area contributed by atoms with Gasteiger partial charge >= 0.3 is 0 Å². The van der Waals surface area contributed by atoms with Crippen molar-refractivity contribution in [3.8, 4) is 0 Å². The molecule has 7 heteroatoms. The van der Waals surface area contributed by atoms with Gasteiger partial charge in [-0.05, 0) is 45.9 Å². The number of thiophene rings is 2. The van der Waals surface area contributed by atoms with Crippen LogP contribution in [0.25, 0.3) is 10.2 Å². The van der Waals surface area contributed by atoms with Gasteiger partial charge in [0.15, 0.2) is 0 Å². The third-order valence-corrected chi connectivity index (χ3v) is 6.55. The number of rotatable bonds is 3. The quantitative estimate of drug-likeness (QED) is 0.712. The predicted octanol–water partition coefficient (Wildman–Crippen LogP) is 4.42. The van der Waals surface area contributed by atoms with Crippen molar-refractivity contribution in [2.45, 2.75) is 18.9 Å². The third-order valence-electron chi connectivity index (χ3n) is 3.94. The van der Waals surface area contributed by atoms with Gasteiger partial charge < -0.3 is 10.1 Å². The van der Waals surface area contributed by atoms with Crippen molar-refractivity contribution in [2.75, 3.05) is 18.5 Å². The van der Waals surface area contributed by atoms with Crippen LogP contribution >= 0.6 is 38.6 Å². The van der Waals surface area contributed by atoms with Gasteiger partial charge in [-0.25, -0.2) is 9.97 Å². The Morgan fingerprint density at radius 1 is 1.45 bits per heavy atom. The Balaban J connectivity index is 1.62. The lowest BCUT2D eigenvalue weighted by Crippen LogP contribution is -2.38. The molecule has 0 aliphatic carbocycles. The van der Waals surface area contributed by atoms with Crippen molar-refractivity contribution in [1.29, 1.82) is 0 Å². The maximum atomic E-state index is 6.08. The molecule has 0 spiro atoms. The highest BCUT2D eigenvalue weighted by molar-refractivity contribution is 9.11. The van der Waals surface area contributed by atoms with Crippen molar-refractivity contribution in [3.63, 3.8) is 0 Å². The van der Waals surface area contributed by atoms with Crippen LogP contribution in [0.1, 0.15) is 17.4 Å². The first-order valence-electron chi connectivity index (χ1n) is 7.00. The lowest BCUT2D eigenvalue weighted by atomic mass is 9.93. The maximum absolute atomic E-state index is 6.08. The summed E-state index contributed by atoms with van der Waals surface area (Å²) in [6, 6.07) is 4.20. The molecule has 22 heavy (non-hydrogen) atoms. The van der Waals surface area contributed by atoms with Crippen LogP contribution in [-0.4, -0.2) is 23.1 Å². The topological polar surface area (TPSA) is 47.0 Å². The van der Waals surface area contributed by atoms with Crippen LogP contribution in [0, 0.1) is 0 Å². The first-order chi connectivity index (χ1) is 10.7. The lowest BCUT2D eigenvalue weighted by molar-refractivity contribution is -0.0347. The highest BCUT2D eigenvalue weighted by atomic mass is 79.9. The number of halogens is 1. The molecule has 1 unspecified atom stereocenters. The molecule has 0 radical (unpaired) electrons. The minimum atomic E-state index is -0.306. The molecule has 0 bridgehead atoms. The highest BCUT2D eigenvalue weighted by Crippen LogP contribution is 2.37. The van der Waals surface area contributed by atoms with Crippen molar-refractivity contribution in [3.05, 3.63) is 38.1 Å². The number of nitrogens with one attached hydrogen (secondary N) is 1. The number of anilines is 1. The van der Waals surface area contributed by atoms with Gasteiger partial charge in [0.1, 0.15) is 17.7 Å². The minimum absolute atomic E-state index is 0.306. The number of hydrogen-bond donors (Lipinski definition) is 1. The first-order valence-corrected chi connectivity index (χ1v) is 9.49. The Kier molecular flexibility index (Phi) is 3.68. The second-order valence-electron chi connectivity index (χ2n) is 5.43. The molecule has 4 nitrogen and oxygen atoms in total. The van der Waals surface area contributed by atoms with Crippen molar-refractivity contribution in [2.24, 2.45) is 0 Å². The zero-order valence-corrected chi connectivity index (χ0v) is 15.1. The van der Waals surface area contributed by atoms with Gasteiger partial charge in [0, 0.05) is 17.8 Å². The van der Waals surface area contributed by atoms with Gasteiger partial charge in [-0.3, -0.25) is 0 Å². The van der Waals surface area contributed by atoms with Crippen LogP contribution in [0.4, 0.5) is 5.82 Å². The molecule has 0 aromatic carbocycles. The van der Waals surface area contributed by atoms with Crippen molar-refractivity contribution < 1.29 is 4.74 Å². The van der Waals surface area contributed by atoms with Crippen molar-refractivity contribution in [1.82, 2.24) is 9.97 Å². The number of hydrogen-bond acceptors (Lipinski definition) is 6. The average Bonchev–Trinajstić information content (AvgIpc) is 3.11. The maximum Gasteiger partial charge on any atom is 0.147 e. The van der Waals surface area contributed by atoms with Gasteiger partial charge in [-0.1, -0.05) is 0 Å². The Morgan fingerprint density at radius 2 is 2.36 bits per heavy atom. The molecule has 1 aliphatic rings. The van der Waals surface area contributed by atoms with Gasteiger partial charge in [0.05, 0.1) is 20.6 Å². The molecular formula is C15H14BrN3OS2. The van der Waals surface area contributed by atoms with E-state index in [0.29, 0.717) is 6.54 Å². The second kappa shape index (κ2) is 5.56. The summed E-state index contributed by atoms with van der Waals surface area (Å²) in [5.41, 5.74) is 1.95. The number of aromatic nitrogens is 2. The van der Waals surface area contributed by atoms with Gasteiger partial charge in [-0.15, -0.1) is 22.7 Å². The monoisotopic (exact) mass is 395 g/mol. The van der Waals surface area contributed by atoms with Crippen LogP contribution < -0.4 is 5.32 Å². The van der Waals surface area contributed by atoms with Gasteiger partial charge in [0.2, 0.25) is 0 Å². The summed E-state index contributed by atoms with van der Waals surface area (Å²) in [7, 11) is 0. The Hall–Kier alpha value is -1.02. The van der Waals surface area contributed by atoms with E-state index in [0.717, 1.165) is 32.8 Å². The molecule has 0 saturated heterocycles. The molecule has 3 aromatic rings. The SMILES string of the molecule is CC1(CNc2ncnc3cc(Br)sc23)OCCc2sccc21. The first kappa shape index (κ1) is 14.6. The molecule has 3 aromatic heterocycles. The summed E-state index contributed by atoms with van der Waals surface area (Å²) in [5.74, 6) is 0.868. The lowest BCUT2D eigenvalue weighted by Gasteiger charge is -2.34. The van der Waals surface area contributed by atoms with E-state index in [4.69, 9.17) is 4.74 Å². The minimum Gasteiger partial charge on any atom is -0.368 e. The van der Waals surface area contributed by atoms with Crippen LogP contribution in [-0.2, 0) is 16.8 Å². The van der Waals surface area contributed by atoms with E-state index < -0.39 is 0 Å². The molecule has 4 rings (SSSR count). The van der Waals surface area contributed by atoms with E-state index in [1.54, 1.807) is 17.7 Å². The van der Waals surface area contributed by atoms with Crippen LogP contribution in [0.15, 0.2) is 27.6 Å². The van der Waals surface area contributed by atoms with Crippen LogP contribution in [0.3, 0.4) is 0 Å². The molecule has 114 valence electrons. The summed E-state index contributed by atoms with van der Waals surface area (Å²) in [4.78, 5) is 10.1. The zero-order valence-electron chi connectivity index (χ0n) is 11.9. The summed E-state index contributed by atoms with van der Waals surface area (Å²) < 4.78 is 8.21. The molecule has 1 N–H and O–H groups in total. The summed E-state index contributed by atoms with van der Waals surface area (Å²) in [5, 5.41) is 5.61. The molecular weight excluding hydrogens is 382 g/mol. The van der Waals surface area contributed by atoms with Gasteiger partial charge in [-0.2, -0.15) is 0 Å². The Labute approximate surface area is 144 Å². The molecule has 0 amide bonds. The van der Waals surface area contributed by atoms with Crippen molar-refractivity contribution >= 4 is 54.6 Å². The molecule has 4 heterocycles. The fourth-order valence-electron chi connectivity index (χ4n) is 2.80. The van der Waals surface area contributed by atoms with Crippen LogP contribution in [0.2, 0.25) is 0 Å². The highest BCUT2D eigenvalue weighted by Gasteiger charge is 2.34. The third kappa shape index (κ3) is 2.46. The van der Waals surface area contributed by atoms with Gasteiger partial charge in [0.25, 0.3) is 0 Å². The Morgan fingerprint density at radius 3 is 3.27 bits per heavy atom. The van der Waals surface area contributed by atoms with E-state index in [2.05, 4.69) is 49.6 Å². The summed E-state index contributed by atoms with van der Waals surface area (Å²) >= 11 is 6.97. The number of nitrogens with zero attached hydrogens (tertiary/aromatic N) is 2. The molecule has 1 atom stereocenters. The van der Waals surface area contributed by atoms with E-state index in [1.165, 1.54) is 10.4 Å². The predicted molar refractivity (Wildman–Crippen MR) is 94.9 cm³/mol. The fourth-order valence-corrected chi connectivity index (χ4v) is 5.29. The summed E-state index contributed by atoms with van der Waals surface area (Å²) in [6.45, 7) is 3.61. The Bertz CT molecular complexity index is 831. The van der Waals surface area contributed by atoms with E-state index in [1.807, 2.05) is 17.4 Å². The van der Waals surface area contributed by atoms with E-state index in [9.17, 15) is 0 Å². The largest absolute Gasteiger partial charge is 0.368 e. The van der Waals surface area contributed by atoms with E-state index >= 15 is 0 Å². The standard InChI is InChI=1S/C15H14BrN3OS2/c1-15(9-3-5-21-11(9)2-4-20-15)7-17-14-13-10(18-8-19-14)6-12(16)22-13/h3,5-6,8H,2,4,7H2,1H3,(H,17,18,19). The second-order valence-corrected chi connectivity index (χ2v) is 8.86. The smallest absolute Gasteiger partial charge is 0.147 e. The zero-order chi connectivity index (χ0) is 15.2. The number of fused-ring (bicyclic) bond motifs is 2. The normalized spacial score (nSPS) is 21.0. The molecule has 1 aliphatic heterocycles.